The number of nitrogens with zero attached hydrogens (tertiary/aromatic N) is 1. The molecule has 0 aliphatic rings. The van der Waals surface area contributed by atoms with Crippen molar-refractivity contribution in [2.45, 2.75) is 6.42 Å². The topological polar surface area (TPSA) is 69.7 Å². The summed E-state index contributed by atoms with van der Waals surface area (Å²) in [6.07, 6.45) is 1.54. The number of methoxy groups -OCH3 is 2. The van der Waals surface area contributed by atoms with Crippen LogP contribution in [0, 0.1) is 0 Å². The zero-order chi connectivity index (χ0) is 20.8. The Balaban J connectivity index is 1.76. The molecular formula is C21H18Cl2N2O4. The molecule has 0 atom stereocenters. The zero-order valence-corrected chi connectivity index (χ0v) is 17.3. The third-order valence-electron chi connectivity index (χ3n) is 3.99. The number of para-hydroxylation sites is 2. The summed E-state index contributed by atoms with van der Waals surface area (Å²) in [5, 5.41) is 3.51. The summed E-state index contributed by atoms with van der Waals surface area (Å²) in [7, 11) is 3.11. The van der Waals surface area contributed by atoms with Gasteiger partial charge in [-0.15, -0.1) is 0 Å². The summed E-state index contributed by atoms with van der Waals surface area (Å²) in [6, 6.07) is 13.8. The van der Waals surface area contributed by atoms with E-state index in [0.29, 0.717) is 28.0 Å². The van der Waals surface area contributed by atoms with Gasteiger partial charge in [0.25, 0.3) is 0 Å². The summed E-state index contributed by atoms with van der Waals surface area (Å²) in [5.74, 6) is 1.58. The van der Waals surface area contributed by atoms with Gasteiger partial charge in [-0.25, -0.2) is 4.98 Å². The number of aromatic nitrogens is 1. The first-order chi connectivity index (χ1) is 14.0. The summed E-state index contributed by atoms with van der Waals surface area (Å²) in [5.41, 5.74) is 1.21. The van der Waals surface area contributed by atoms with Crippen LogP contribution in [0.15, 0.2) is 54.7 Å². The summed E-state index contributed by atoms with van der Waals surface area (Å²) in [4.78, 5) is 16.7. The molecule has 0 unspecified atom stereocenters. The number of hydrogen-bond acceptors (Lipinski definition) is 5. The second kappa shape index (κ2) is 9.49. The van der Waals surface area contributed by atoms with Crippen molar-refractivity contribution < 1.29 is 19.0 Å². The molecule has 29 heavy (non-hydrogen) atoms. The molecule has 150 valence electrons. The molecule has 1 heterocycles. The average Bonchev–Trinajstić information content (AvgIpc) is 2.71. The number of pyridine rings is 1. The first-order valence-corrected chi connectivity index (χ1v) is 9.34. The van der Waals surface area contributed by atoms with Gasteiger partial charge in [0.05, 0.1) is 31.4 Å². The minimum absolute atomic E-state index is 0.113. The number of ether oxygens (including phenoxy) is 3. The smallest absolute Gasteiger partial charge is 0.238 e. The quantitative estimate of drug-likeness (QED) is 0.542. The van der Waals surface area contributed by atoms with E-state index in [9.17, 15) is 4.79 Å². The molecule has 0 spiro atoms. The Morgan fingerprint density at radius 2 is 1.83 bits per heavy atom. The van der Waals surface area contributed by atoms with Crippen LogP contribution in [0.3, 0.4) is 0 Å². The predicted molar refractivity (Wildman–Crippen MR) is 113 cm³/mol. The molecule has 0 saturated heterocycles. The van der Waals surface area contributed by atoms with Gasteiger partial charge in [-0.05, 0) is 24.3 Å². The van der Waals surface area contributed by atoms with E-state index in [1.807, 2.05) is 0 Å². The van der Waals surface area contributed by atoms with Gasteiger partial charge in [0.15, 0.2) is 5.75 Å². The Morgan fingerprint density at radius 1 is 1.03 bits per heavy atom. The van der Waals surface area contributed by atoms with Crippen LogP contribution in [0.4, 0.5) is 5.69 Å². The van der Waals surface area contributed by atoms with Crippen molar-refractivity contribution in [3.05, 3.63) is 70.3 Å². The van der Waals surface area contributed by atoms with Gasteiger partial charge in [0.1, 0.15) is 16.5 Å². The van der Waals surface area contributed by atoms with E-state index < -0.39 is 0 Å². The van der Waals surface area contributed by atoms with Gasteiger partial charge in [0, 0.05) is 17.8 Å². The zero-order valence-electron chi connectivity index (χ0n) is 15.7. The molecule has 0 aliphatic carbocycles. The van der Waals surface area contributed by atoms with E-state index in [0.717, 1.165) is 5.56 Å². The maximum Gasteiger partial charge on any atom is 0.238 e. The van der Waals surface area contributed by atoms with Gasteiger partial charge in [-0.1, -0.05) is 41.4 Å². The van der Waals surface area contributed by atoms with Crippen LogP contribution in [-0.2, 0) is 11.2 Å². The minimum Gasteiger partial charge on any atom is -0.497 e. The molecule has 0 fully saturated rings. The maximum atomic E-state index is 12.6. The van der Waals surface area contributed by atoms with E-state index in [2.05, 4.69) is 10.3 Å². The van der Waals surface area contributed by atoms with Gasteiger partial charge < -0.3 is 19.5 Å². The van der Waals surface area contributed by atoms with Crippen molar-refractivity contribution >= 4 is 34.8 Å². The second-order valence-corrected chi connectivity index (χ2v) is 6.79. The SMILES string of the molecule is COc1ccc(CC(=O)Nc2ccccc2Oc2ncc(Cl)cc2Cl)c(OC)c1. The Hall–Kier alpha value is -2.96. The first kappa shape index (κ1) is 20.8. The fourth-order valence-corrected chi connectivity index (χ4v) is 3.02. The van der Waals surface area contributed by atoms with Crippen LogP contribution in [0.25, 0.3) is 0 Å². The summed E-state index contributed by atoms with van der Waals surface area (Å²) >= 11 is 12.0. The van der Waals surface area contributed by atoms with Crippen LogP contribution < -0.4 is 19.5 Å². The number of carbonyl (C=O) groups is 1. The molecule has 1 aromatic heterocycles. The Labute approximate surface area is 178 Å². The molecule has 2 aromatic carbocycles. The largest absolute Gasteiger partial charge is 0.497 e. The molecular weight excluding hydrogens is 415 g/mol. The van der Waals surface area contributed by atoms with Crippen molar-refractivity contribution in [1.82, 2.24) is 4.98 Å². The van der Waals surface area contributed by atoms with E-state index in [-0.39, 0.29) is 23.2 Å². The van der Waals surface area contributed by atoms with Gasteiger partial charge in [-0.3, -0.25) is 4.79 Å². The first-order valence-electron chi connectivity index (χ1n) is 8.59. The number of carbonyl (C=O) groups excluding carboxylic acids is 1. The van der Waals surface area contributed by atoms with Crippen molar-refractivity contribution in [2.75, 3.05) is 19.5 Å². The van der Waals surface area contributed by atoms with E-state index in [1.165, 1.54) is 12.3 Å². The average molecular weight is 433 g/mol. The molecule has 1 amide bonds. The molecule has 8 heteroatoms. The monoisotopic (exact) mass is 432 g/mol. The van der Waals surface area contributed by atoms with E-state index >= 15 is 0 Å². The molecule has 0 bridgehead atoms. The Kier molecular flexibility index (Phi) is 6.80. The van der Waals surface area contributed by atoms with Crippen LogP contribution >= 0.6 is 23.2 Å². The van der Waals surface area contributed by atoms with Crippen molar-refractivity contribution in [2.24, 2.45) is 0 Å². The molecule has 6 nitrogen and oxygen atoms in total. The number of nitrogens with one attached hydrogen (secondary N) is 1. The molecule has 3 aromatic rings. The number of hydrogen-bond donors (Lipinski definition) is 1. The maximum absolute atomic E-state index is 12.6. The lowest BCUT2D eigenvalue weighted by molar-refractivity contribution is -0.115. The Bertz CT molecular complexity index is 1030. The third-order valence-corrected chi connectivity index (χ3v) is 4.46. The van der Waals surface area contributed by atoms with Crippen LogP contribution in [0.2, 0.25) is 10.0 Å². The highest BCUT2D eigenvalue weighted by Crippen LogP contribution is 2.33. The highest BCUT2D eigenvalue weighted by Gasteiger charge is 2.14. The molecule has 0 saturated carbocycles. The molecule has 0 radical (unpaired) electrons. The predicted octanol–water partition coefficient (Wildman–Crippen LogP) is 5.38. The Morgan fingerprint density at radius 3 is 2.55 bits per heavy atom. The number of amides is 1. The number of anilines is 1. The highest BCUT2D eigenvalue weighted by atomic mass is 35.5. The van der Waals surface area contributed by atoms with Gasteiger partial charge in [-0.2, -0.15) is 0 Å². The standard InChI is InChI=1S/C21H18Cl2N2O4/c1-27-15-8-7-13(19(11-15)28-2)9-20(26)25-17-5-3-4-6-18(17)29-21-16(23)10-14(22)12-24-21/h3-8,10-12H,9H2,1-2H3,(H,25,26). The normalized spacial score (nSPS) is 10.3. The van der Waals surface area contributed by atoms with E-state index in [4.69, 9.17) is 37.4 Å². The van der Waals surface area contributed by atoms with Crippen molar-refractivity contribution in [3.8, 4) is 23.1 Å². The lowest BCUT2D eigenvalue weighted by Crippen LogP contribution is -2.15. The van der Waals surface area contributed by atoms with Crippen LogP contribution in [0.1, 0.15) is 5.56 Å². The summed E-state index contributed by atoms with van der Waals surface area (Å²) in [6.45, 7) is 0. The molecule has 0 aliphatic heterocycles. The van der Waals surface area contributed by atoms with Crippen molar-refractivity contribution in [3.63, 3.8) is 0 Å². The fourth-order valence-electron chi connectivity index (χ4n) is 2.61. The fraction of sp³-hybridized carbons (Fsp3) is 0.143. The minimum atomic E-state index is -0.236. The number of rotatable bonds is 7. The summed E-state index contributed by atoms with van der Waals surface area (Å²) < 4.78 is 16.3. The lowest BCUT2D eigenvalue weighted by atomic mass is 10.1. The third kappa shape index (κ3) is 5.31. The second-order valence-electron chi connectivity index (χ2n) is 5.94. The van der Waals surface area contributed by atoms with Crippen molar-refractivity contribution in [1.29, 1.82) is 0 Å². The molecule has 3 rings (SSSR count). The van der Waals surface area contributed by atoms with Gasteiger partial charge in [0.2, 0.25) is 11.8 Å². The number of benzene rings is 2. The van der Waals surface area contributed by atoms with E-state index in [1.54, 1.807) is 56.7 Å². The highest BCUT2D eigenvalue weighted by molar-refractivity contribution is 6.35. The lowest BCUT2D eigenvalue weighted by Gasteiger charge is -2.13. The molecule has 1 N–H and O–H groups in total. The van der Waals surface area contributed by atoms with Gasteiger partial charge >= 0.3 is 0 Å². The number of halogens is 2. The van der Waals surface area contributed by atoms with Crippen LogP contribution in [-0.4, -0.2) is 25.1 Å². The van der Waals surface area contributed by atoms with Crippen LogP contribution in [0.5, 0.6) is 23.1 Å².